The molecule has 1 aliphatic rings. The van der Waals surface area contributed by atoms with Gasteiger partial charge >= 0.3 is 6.09 Å². The van der Waals surface area contributed by atoms with Gasteiger partial charge in [0.1, 0.15) is 5.60 Å². The summed E-state index contributed by atoms with van der Waals surface area (Å²) in [5, 5.41) is 0. The largest absolute Gasteiger partial charge is 0.444 e. The van der Waals surface area contributed by atoms with Crippen molar-refractivity contribution in [1.29, 1.82) is 0 Å². The molecule has 18 heavy (non-hydrogen) atoms. The summed E-state index contributed by atoms with van der Waals surface area (Å²) in [6, 6.07) is 3.62. The second kappa shape index (κ2) is 4.57. The molecule has 1 atom stereocenters. The molecule has 0 saturated heterocycles. The number of rotatable bonds is 0. The number of nitrogens with zero attached hydrogens (tertiary/aromatic N) is 2. The lowest BCUT2D eigenvalue weighted by atomic mass is 10.0. The Bertz CT molecular complexity index is 454. The first kappa shape index (κ1) is 12.8. The Kier molecular flexibility index (Phi) is 3.26. The molecule has 0 fully saturated rings. The monoisotopic (exact) mass is 249 g/mol. The summed E-state index contributed by atoms with van der Waals surface area (Å²) in [6.07, 6.45) is 1.37. The Hall–Kier alpha value is -1.62. The summed E-state index contributed by atoms with van der Waals surface area (Å²) in [6.45, 7) is 6.47. The van der Waals surface area contributed by atoms with E-state index in [1.54, 1.807) is 11.1 Å². The second-order valence-corrected chi connectivity index (χ2v) is 5.51. The Balaban J connectivity index is 2.13. The number of carbonyl (C=O) groups is 1. The van der Waals surface area contributed by atoms with Crippen LogP contribution in [0.5, 0.6) is 0 Å². The Morgan fingerprint density at radius 3 is 2.94 bits per heavy atom. The number of carbonyl (C=O) groups excluding carboxylic acids is 1. The van der Waals surface area contributed by atoms with Gasteiger partial charge in [0, 0.05) is 18.8 Å². The van der Waals surface area contributed by atoms with Crippen LogP contribution in [0.2, 0.25) is 0 Å². The normalized spacial score (nSPS) is 19.3. The molecule has 1 aromatic heterocycles. The van der Waals surface area contributed by atoms with Crippen molar-refractivity contribution >= 4 is 6.09 Å². The summed E-state index contributed by atoms with van der Waals surface area (Å²) >= 11 is 0. The Morgan fingerprint density at radius 1 is 1.56 bits per heavy atom. The molecule has 1 aliphatic heterocycles. The molecule has 5 nitrogen and oxygen atoms in total. The molecule has 0 unspecified atom stereocenters. The molecule has 0 spiro atoms. The average molecular weight is 249 g/mol. The lowest BCUT2D eigenvalue weighted by Crippen LogP contribution is -2.43. The van der Waals surface area contributed by atoms with E-state index in [0.29, 0.717) is 13.1 Å². The van der Waals surface area contributed by atoms with Gasteiger partial charge < -0.3 is 15.4 Å². The smallest absolute Gasteiger partial charge is 0.410 e. The van der Waals surface area contributed by atoms with Crippen molar-refractivity contribution in [2.75, 3.05) is 6.54 Å². The standard InChI is InChI=1S/C13H19N3O2/c1-13(2,3)18-12(17)16-7-10(14)9-5-4-6-15-11(9)8-16/h4-6,10H,7-8,14H2,1-3H3/t10-/m1/s1. The summed E-state index contributed by atoms with van der Waals surface area (Å²) < 4.78 is 5.34. The minimum atomic E-state index is -0.494. The van der Waals surface area contributed by atoms with Crippen LogP contribution in [-0.4, -0.2) is 28.1 Å². The molecule has 5 heteroatoms. The van der Waals surface area contributed by atoms with Crippen molar-refractivity contribution in [3.63, 3.8) is 0 Å². The van der Waals surface area contributed by atoms with Crippen LogP contribution in [0.4, 0.5) is 4.79 Å². The SMILES string of the molecule is CC(C)(C)OC(=O)N1Cc2ncccc2[C@H](N)C1. The topological polar surface area (TPSA) is 68.5 Å². The van der Waals surface area contributed by atoms with Crippen molar-refractivity contribution in [1.82, 2.24) is 9.88 Å². The number of nitrogens with two attached hydrogens (primary N) is 1. The number of hydrogen-bond donors (Lipinski definition) is 1. The maximum Gasteiger partial charge on any atom is 0.410 e. The zero-order chi connectivity index (χ0) is 13.3. The number of hydrogen-bond acceptors (Lipinski definition) is 4. The maximum atomic E-state index is 12.0. The number of amides is 1. The van der Waals surface area contributed by atoms with E-state index < -0.39 is 5.60 Å². The van der Waals surface area contributed by atoms with Crippen LogP contribution in [-0.2, 0) is 11.3 Å². The molecule has 0 radical (unpaired) electrons. The summed E-state index contributed by atoms with van der Waals surface area (Å²) in [4.78, 5) is 17.9. The fraction of sp³-hybridized carbons (Fsp3) is 0.538. The molecular formula is C13H19N3O2. The van der Waals surface area contributed by atoms with Crippen molar-refractivity contribution in [3.8, 4) is 0 Å². The molecule has 2 heterocycles. The quantitative estimate of drug-likeness (QED) is 0.761. The van der Waals surface area contributed by atoms with Crippen molar-refractivity contribution in [3.05, 3.63) is 29.6 Å². The van der Waals surface area contributed by atoms with E-state index in [-0.39, 0.29) is 12.1 Å². The van der Waals surface area contributed by atoms with Gasteiger partial charge in [-0.3, -0.25) is 4.98 Å². The van der Waals surface area contributed by atoms with Crippen LogP contribution >= 0.6 is 0 Å². The van der Waals surface area contributed by atoms with Crippen LogP contribution in [0.1, 0.15) is 38.1 Å². The molecule has 2 rings (SSSR count). The summed E-state index contributed by atoms with van der Waals surface area (Å²) in [5.41, 5.74) is 7.41. The highest BCUT2D eigenvalue weighted by atomic mass is 16.6. The van der Waals surface area contributed by atoms with Crippen molar-refractivity contribution < 1.29 is 9.53 Å². The maximum absolute atomic E-state index is 12.0. The van der Waals surface area contributed by atoms with Crippen LogP contribution in [0.15, 0.2) is 18.3 Å². The van der Waals surface area contributed by atoms with Gasteiger partial charge in [-0.2, -0.15) is 0 Å². The Morgan fingerprint density at radius 2 is 2.28 bits per heavy atom. The van der Waals surface area contributed by atoms with Gasteiger partial charge in [0.05, 0.1) is 12.2 Å². The van der Waals surface area contributed by atoms with Gasteiger partial charge in [0.25, 0.3) is 0 Å². The van der Waals surface area contributed by atoms with Crippen molar-refractivity contribution in [2.45, 2.75) is 39.0 Å². The number of ether oxygens (including phenoxy) is 1. The molecule has 0 saturated carbocycles. The van der Waals surface area contributed by atoms with Gasteiger partial charge in [-0.15, -0.1) is 0 Å². The Labute approximate surface area is 107 Å². The predicted molar refractivity (Wildman–Crippen MR) is 67.8 cm³/mol. The summed E-state index contributed by atoms with van der Waals surface area (Å²) in [5.74, 6) is 0. The van der Waals surface area contributed by atoms with Crippen LogP contribution in [0.3, 0.4) is 0 Å². The highest BCUT2D eigenvalue weighted by Crippen LogP contribution is 2.24. The molecule has 0 aliphatic carbocycles. The second-order valence-electron chi connectivity index (χ2n) is 5.51. The van der Waals surface area contributed by atoms with Gasteiger partial charge in [-0.25, -0.2) is 4.79 Å². The third kappa shape index (κ3) is 2.79. The molecule has 1 aromatic rings. The predicted octanol–water partition coefficient (Wildman–Crippen LogP) is 1.83. The zero-order valence-electron chi connectivity index (χ0n) is 11.0. The van der Waals surface area contributed by atoms with Crippen LogP contribution < -0.4 is 5.73 Å². The van der Waals surface area contributed by atoms with E-state index in [4.69, 9.17) is 10.5 Å². The summed E-state index contributed by atoms with van der Waals surface area (Å²) in [7, 11) is 0. The van der Waals surface area contributed by atoms with Crippen LogP contribution in [0.25, 0.3) is 0 Å². The molecule has 0 bridgehead atoms. The van der Waals surface area contributed by atoms with Gasteiger partial charge in [-0.1, -0.05) is 6.07 Å². The van der Waals surface area contributed by atoms with E-state index in [9.17, 15) is 4.79 Å². The highest BCUT2D eigenvalue weighted by molar-refractivity contribution is 5.68. The minimum absolute atomic E-state index is 0.199. The molecule has 98 valence electrons. The molecule has 1 amide bonds. The lowest BCUT2D eigenvalue weighted by Gasteiger charge is -2.33. The third-order valence-corrected chi connectivity index (χ3v) is 2.73. The van der Waals surface area contributed by atoms with E-state index >= 15 is 0 Å². The average Bonchev–Trinajstić information content (AvgIpc) is 2.26. The lowest BCUT2D eigenvalue weighted by molar-refractivity contribution is 0.0203. The zero-order valence-corrected chi connectivity index (χ0v) is 11.0. The fourth-order valence-corrected chi connectivity index (χ4v) is 1.97. The number of aromatic nitrogens is 1. The van der Waals surface area contributed by atoms with Gasteiger partial charge in [-0.05, 0) is 32.4 Å². The third-order valence-electron chi connectivity index (χ3n) is 2.73. The first-order valence-corrected chi connectivity index (χ1v) is 6.04. The minimum Gasteiger partial charge on any atom is -0.444 e. The molecular weight excluding hydrogens is 230 g/mol. The van der Waals surface area contributed by atoms with Gasteiger partial charge in [0.15, 0.2) is 0 Å². The van der Waals surface area contributed by atoms with E-state index in [1.165, 1.54) is 0 Å². The van der Waals surface area contributed by atoms with Gasteiger partial charge in [0.2, 0.25) is 0 Å². The molecule has 0 aromatic carbocycles. The number of fused-ring (bicyclic) bond motifs is 1. The first-order chi connectivity index (χ1) is 8.37. The van der Waals surface area contributed by atoms with E-state index in [1.807, 2.05) is 32.9 Å². The van der Waals surface area contributed by atoms with E-state index in [0.717, 1.165) is 11.3 Å². The molecule has 2 N–H and O–H groups in total. The number of pyridine rings is 1. The fourth-order valence-electron chi connectivity index (χ4n) is 1.97. The van der Waals surface area contributed by atoms with Crippen LogP contribution in [0, 0.1) is 0 Å². The highest BCUT2D eigenvalue weighted by Gasteiger charge is 2.29. The van der Waals surface area contributed by atoms with Crippen molar-refractivity contribution in [2.24, 2.45) is 5.73 Å². The first-order valence-electron chi connectivity index (χ1n) is 6.04. The van der Waals surface area contributed by atoms with E-state index in [2.05, 4.69) is 4.98 Å².